The third-order valence-corrected chi connectivity index (χ3v) is 1.58. The number of benzene rings is 1. The molecule has 0 aromatic heterocycles. The summed E-state index contributed by atoms with van der Waals surface area (Å²) in [5, 5.41) is 0. The van der Waals surface area contributed by atoms with Crippen molar-refractivity contribution >= 4 is 0 Å². The lowest BCUT2D eigenvalue weighted by molar-refractivity contribution is 1.07. The molecular weight excluding hydrogens is 98.1 g/mol. The summed E-state index contributed by atoms with van der Waals surface area (Å²) in [5.41, 5.74) is 8.22. The molecule has 0 saturated heterocycles. The summed E-state index contributed by atoms with van der Waals surface area (Å²) in [5.74, 6) is 0. The summed E-state index contributed by atoms with van der Waals surface area (Å²) in [6.07, 6.45) is 0. The predicted octanol–water partition coefficient (Wildman–Crippen LogP) is 1.05. The molecule has 0 unspecified atom stereocenters. The molecule has 2 N–H and O–H groups in total. The van der Waals surface area contributed by atoms with E-state index in [1.54, 1.807) is 0 Å². The van der Waals surface area contributed by atoms with Crippen molar-refractivity contribution in [2.45, 2.75) is 6.04 Å². The van der Waals surface area contributed by atoms with E-state index in [2.05, 4.69) is 12.1 Å². The third kappa shape index (κ3) is 0.346. The van der Waals surface area contributed by atoms with E-state index in [9.17, 15) is 0 Å². The van der Waals surface area contributed by atoms with E-state index in [1.807, 2.05) is 12.1 Å². The Bertz CT molecular complexity index is 194. The molecule has 1 heteroatoms. The Morgan fingerprint density at radius 2 is 1.62 bits per heavy atom. The first-order valence-corrected chi connectivity index (χ1v) is 2.74. The van der Waals surface area contributed by atoms with E-state index in [4.69, 9.17) is 5.73 Å². The van der Waals surface area contributed by atoms with Crippen molar-refractivity contribution in [1.82, 2.24) is 0 Å². The molecule has 0 heterocycles. The highest BCUT2D eigenvalue weighted by atomic mass is 14.7. The van der Waals surface area contributed by atoms with E-state index >= 15 is 0 Å². The SMILES string of the molecule is NC1c2ccccc21. The Hall–Kier alpha value is -0.820. The average Bonchev–Trinajstić information content (AvgIpc) is 2.46. The van der Waals surface area contributed by atoms with Crippen LogP contribution in [0.3, 0.4) is 0 Å². The molecule has 0 saturated carbocycles. The van der Waals surface area contributed by atoms with Gasteiger partial charge in [0.25, 0.3) is 0 Å². The standard InChI is InChI=1S/C7H7N/c8-7-5-3-1-2-4-6(5)7/h1-4,7H,8H2. The lowest BCUT2D eigenvalue weighted by Crippen LogP contribution is -1.87. The monoisotopic (exact) mass is 105 g/mol. The molecule has 2 rings (SSSR count). The number of fused-ring (bicyclic) bond motifs is 1. The fraction of sp³-hybridized carbons (Fsp3) is 0.143. The molecule has 0 radical (unpaired) electrons. The van der Waals surface area contributed by atoms with Crippen LogP contribution in [0.1, 0.15) is 17.2 Å². The summed E-state index contributed by atoms with van der Waals surface area (Å²) in [6, 6.07) is 8.45. The van der Waals surface area contributed by atoms with Gasteiger partial charge in [-0.2, -0.15) is 0 Å². The summed E-state index contributed by atoms with van der Waals surface area (Å²) < 4.78 is 0. The second kappa shape index (κ2) is 1.12. The Morgan fingerprint density at radius 3 is 2.00 bits per heavy atom. The number of hydrogen-bond acceptors (Lipinski definition) is 1. The maximum atomic E-state index is 5.60. The van der Waals surface area contributed by atoms with Crippen LogP contribution in [0.15, 0.2) is 24.3 Å². The number of nitrogens with two attached hydrogens (primary N) is 1. The quantitative estimate of drug-likeness (QED) is 0.524. The molecule has 1 aromatic carbocycles. The van der Waals surface area contributed by atoms with Crippen molar-refractivity contribution in [3.05, 3.63) is 35.4 Å². The van der Waals surface area contributed by atoms with Crippen molar-refractivity contribution in [2.75, 3.05) is 0 Å². The zero-order chi connectivity index (χ0) is 5.56. The van der Waals surface area contributed by atoms with Crippen LogP contribution in [0.2, 0.25) is 0 Å². The van der Waals surface area contributed by atoms with Crippen LogP contribution in [-0.2, 0) is 0 Å². The summed E-state index contributed by atoms with van der Waals surface area (Å²) in [7, 11) is 0. The van der Waals surface area contributed by atoms with Crippen molar-refractivity contribution in [3.8, 4) is 0 Å². The van der Waals surface area contributed by atoms with Crippen LogP contribution in [0.4, 0.5) is 0 Å². The van der Waals surface area contributed by atoms with E-state index < -0.39 is 0 Å². The molecule has 40 valence electrons. The molecule has 1 nitrogen and oxygen atoms in total. The summed E-state index contributed by atoms with van der Waals surface area (Å²) in [6.45, 7) is 0. The molecule has 0 aliphatic heterocycles. The van der Waals surface area contributed by atoms with Gasteiger partial charge in [0, 0.05) is 0 Å². The largest absolute Gasteiger partial charge is 0.320 e. The van der Waals surface area contributed by atoms with Gasteiger partial charge in [-0.1, -0.05) is 24.3 Å². The third-order valence-electron chi connectivity index (χ3n) is 1.58. The van der Waals surface area contributed by atoms with Gasteiger partial charge in [0.15, 0.2) is 0 Å². The van der Waals surface area contributed by atoms with Crippen molar-refractivity contribution < 1.29 is 0 Å². The van der Waals surface area contributed by atoms with E-state index in [1.165, 1.54) is 11.1 Å². The molecule has 0 amide bonds. The second-order valence-electron chi connectivity index (χ2n) is 2.11. The minimum atomic E-state index is 0.269. The first kappa shape index (κ1) is 4.10. The van der Waals surface area contributed by atoms with Crippen LogP contribution in [-0.4, -0.2) is 0 Å². The topological polar surface area (TPSA) is 26.0 Å². The van der Waals surface area contributed by atoms with E-state index in [0.717, 1.165) is 0 Å². The van der Waals surface area contributed by atoms with E-state index in [-0.39, 0.29) is 6.04 Å². The molecule has 0 atom stereocenters. The second-order valence-corrected chi connectivity index (χ2v) is 2.11. The van der Waals surface area contributed by atoms with Gasteiger partial charge < -0.3 is 5.73 Å². The van der Waals surface area contributed by atoms with Gasteiger partial charge in [0.2, 0.25) is 0 Å². The first-order chi connectivity index (χ1) is 3.89. The molecule has 0 fully saturated rings. The molecule has 1 aliphatic carbocycles. The number of hydrogen-bond donors (Lipinski definition) is 1. The van der Waals surface area contributed by atoms with Crippen LogP contribution in [0, 0.1) is 0 Å². The fourth-order valence-electron chi connectivity index (χ4n) is 0.994. The van der Waals surface area contributed by atoms with Crippen LogP contribution >= 0.6 is 0 Å². The van der Waals surface area contributed by atoms with Crippen molar-refractivity contribution in [3.63, 3.8) is 0 Å². The highest BCUT2D eigenvalue weighted by Gasteiger charge is 2.26. The normalized spacial score (nSPS) is 15.6. The van der Waals surface area contributed by atoms with Gasteiger partial charge in [-0.3, -0.25) is 0 Å². The van der Waals surface area contributed by atoms with Gasteiger partial charge in [0.05, 0.1) is 6.04 Å². The van der Waals surface area contributed by atoms with Crippen molar-refractivity contribution in [1.29, 1.82) is 0 Å². The molecule has 1 aromatic rings. The van der Waals surface area contributed by atoms with Gasteiger partial charge >= 0.3 is 0 Å². The van der Waals surface area contributed by atoms with Crippen molar-refractivity contribution in [2.24, 2.45) is 5.73 Å². The molecule has 0 bridgehead atoms. The minimum absolute atomic E-state index is 0.269. The fourth-order valence-corrected chi connectivity index (χ4v) is 0.994. The maximum Gasteiger partial charge on any atom is 0.0558 e. The molecular formula is C7H7N. The van der Waals surface area contributed by atoms with Crippen LogP contribution in [0.25, 0.3) is 0 Å². The smallest absolute Gasteiger partial charge is 0.0558 e. The zero-order valence-corrected chi connectivity index (χ0v) is 4.46. The highest BCUT2D eigenvalue weighted by Crippen LogP contribution is 2.37. The lowest BCUT2D eigenvalue weighted by atomic mass is 10.4. The lowest BCUT2D eigenvalue weighted by Gasteiger charge is -1.68. The molecule has 1 aliphatic rings. The van der Waals surface area contributed by atoms with Crippen LogP contribution in [0.5, 0.6) is 0 Å². The maximum absolute atomic E-state index is 5.60. The molecule has 0 spiro atoms. The van der Waals surface area contributed by atoms with E-state index in [0.29, 0.717) is 0 Å². The Kier molecular flexibility index (Phi) is 0.573. The summed E-state index contributed by atoms with van der Waals surface area (Å²) >= 11 is 0. The predicted molar refractivity (Wildman–Crippen MR) is 32.5 cm³/mol. The zero-order valence-electron chi connectivity index (χ0n) is 4.46. The highest BCUT2D eigenvalue weighted by molar-refractivity contribution is 5.50. The Labute approximate surface area is 48.1 Å². The Balaban J connectivity index is 2.58. The minimum Gasteiger partial charge on any atom is -0.320 e. The average molecular weight is 105 g/mol. The molecule has 8 heavy (non-hydrogen) atoms. The summed E-state index contributed by atoms with van der Waals surface area (Å²) in [4.78, 5) is 0. The first-order valence-electron chi connectivity index (χ1n) is 2.74. The van der Waals surface area contributed by atoms with Gasteiger partial charge in [-0.15, -0.1) is 0 Å². The number of rotatable bonds is 0. The van der Waals surface area contributed by atoms with Gasteiger partial charge in [-0.05, 0) is 11.1 Å². The van der Waals surface area contributed by atoms with Crippen LogP contribution < -0.4 is 5.73 Å². The van der Waals surface area contributed by atoms with Gasteiger partial charge in [0.1, 0.15) is 0 Å². The van der Waals surface area contributed by atoms with Gasteiger partial charge in [-0.25, -0.2) is 0 Å². The Morgan fingerprint density at radius 1 is 1.12 bits per heavy atom.